The van der Waals surface area contributed by atoms with Gasteiger partial charge in [0.05, 0.1) is 17.8 Å². The van der Waals surface area contributed by atoms with Crippen molar-refractivity contribution in [1.82, 2.24) is 25.5 Å². The molecule has 150 valence electrons. The number of rotatable bonds is 5. The van der Waals surface area contributed by atoms with Crippen LogP contribution in [0.3, 0.4) is 0 Å². The van der Waals surface area contributed by atoms with Gasteiger partial charge < -0.3 is 20.5 Å². The van der Waals surface area contributed by atoms with Crippen LogP contribution in [0.5, 0.6) is 0 Å². The SMILES string of the molecule is CNC(=O)[C@H](NC(=O)Cc1nc(-c2ccccc2)n2c1CNCC2)C(C)(C)C. The molecule has 1 aromatic heterocycles. The van der Waals surface area contributed by atoms with Crippen LogP contribution in [0.1, 0.15) is 32.2 Å². The summed E-state index contributed by atoms with van der Waals surface area (Å²) in [6.45, 7) is 8.17. The Bertz CT molecular complexity index is 852. The van der Waals surface area contributed by atoms with Crippen molar-refractivity contribution < 1.29 is 9.59 Å². The average Bonchev–Trinajstić information content (AvgIpc) is 3.04. The second kappa shape index (κ2) is 8.14. The lowest BCUT2D eigenvalue weighted by atomic mass is 9.86. The van der Waals surface area contributed by atoms with Crippen molar-refractivity contribution >= 4 is 11.8 Å². The van der Waals surface area contributed by atoms with Crippen LogP contribution < -0.4 is 16.0 Å². The van der Waals surface area contributed by atoms with Crippen LogP contribution in [-0.4, -0.2) is 41.0 Å². The van der Waals surface area contributed by atoms with Gasteiger partial charge >= 0.3 is 0 Å². The van der Waals surface area contributed by atoms with Crippen LogP contribution in [0, 0.1) is 5.41 Å². The quantitative estimate of drug-likeness (QED) is 0.730. The lowest BCUT2D eigenvalue weighted by Gasteiger charge is -2.29. The van der Waals surface area contributed by atoms with E-state index in [0.29, 0.717) is 6.54 Å². The Morgan fingerprint density at radius 3 is 2.61 bits per heavy atom. The van der Waals surface area contributed by atoms with E-state index in [4.69, 9.17) is 4.98 Å². The molecular weight excluding hydrogens is 354 g/mol. The third-order valence-corrected chi connectivity index (χ3v) is 5.00. The zero-order valence-electron chi connectivity index (χ0n) is 17.0. The minimum absolute atomic E-state index is 0.146. The van der Waals surface area contributed by atoms with Gasteiger partial charge in [0.1, 0.15) is 11.9 Å². The van der Waals surface area contributed by atoms with Gasteiger partial charge in [0.2, 0.25) is 11.8 Å². The molecule has 7 heteroatoms. The van der Waals surface area contributed by atoms with Crippen molar-refractivity contribution in [2.24, 2.45) is 5.41 Å². The molecule has 3 N–H and O–H groups in total. The molecule has 28 heavy (non-hydrogen) atoms. The molecule has 2 heterocycles. The number of carbonyl (C=O) groups excluding carboxylic acids is 2. The summed E-state index contributed by atoms with van der Waals surface area (Å²) in [6, 6.07) is 9.41. The van der Waals surface area contributed by atoms with Crippen molar-refractivity contribution in [3.05, 3.63) is 41.7 Å². The number of benzene rings is 1. The monoisotopic (exact) mass is 383 g/mol. The molecule has 1 aliphatic rings. The van der Waals surface area contributed by atoms with E-state index in [9.17, 15) is 9.59 Å². The van der Waals surface area contributed by atoms with Crippen molar-refractivity contribution in [3.63, 3.8) is 0 Å². The van der Waals surface area contributed by atoms with Gasteiger partial charge in [-0.3, -0.25) is 9.59 Å². The first-order chi connectivity index (χ1) is 13.3. The molecule has 0 unspecified atom stereocenters. The fraction of sp³-hybridized carbons (Fsp3) is 0.476. The molecule has 0 bridgehead atoms. The van der Waals surface area contributed by atoms with E-state index >= 15 is 0 Å². The first-order valence-electron chi connectivity index (χ1n) is 9.66. The fourth-order valence-corrected chi connectivity index (χ4v) is 3.51. The summed E-state index contributed by atoms with van der Waals surface area (Å²) >= 11 is 0. The molecule has 7 nitrogen and oxygen atoms in total. The molecule has 1 aliphatic heterocycles. The third kappa shape index (κ3) is 4.25. The van der Waals surface area contributed by atoms with Gasteiger partial charge in [-0.15, -0.1) is 0 Å². The largest absolute Gasteiger partial charge is 0.357 e. The summed E-state index contributed by atoms with van der Waals surface area (Å²) in [5, 5.41) is 8.88. The molecular formula is C21H29N5O2. The van der Waals surface area contributed by atoms with Crippen molar-refractivity contribution in [1.29, 1.82) is 0 Å². The van der Waals surface area contributed by atoms with Gasteiger partial charge in [0.15, 0.2) is 0 Å². The van der Waals surface area contributed by atoms with E-state index in [1.165, 1.54) is 0 Å². The van der Waals surface area contributed by atoms with Crippen molar-refractivity contribution in [2.45, 2.75) is 46.3 Å². The Morgan fingerprint density at radius 2 is 1.96 bits per heavy atom. The maximum Gasteiger partial charge on any atom is 0.242 e. The second-order valence-electron chi connectivity index (χ2n) is 8.18. The number of carbonyl (C=O) groups is 2. The lowest BCUT2D eigenvalue weighted by molar-refractivity contribution is -0.131. The van der Waals surface area contributed by atoms with E-state index in [-0.39, 0.29) is 23.7 Å². The third-order valence-electron chi connectivity index (χ3n) is 5.00. The standard InChI is InChI=1S/C21H29N5O2/c1-21(2,3)18(20(28)22-4)25-17(27)12-15-16-13-23-10-11-26(16)19(24-15)14-8-6-5-7-9-14/h5-9,18,23H,10-13H2,1-4H3,(H,22,28)(H,25,27)/t18-/m0/s1. The molecule has 1 atom stereocenters. The molecule has 3 rings (SSSR count). The number of hydrogen-bond donors (Lipinski definition) is 3. The van der Waals surface area contributed by atoms with E-state index in [1.54, 1.807) is 7.05 Å². The van der Waals surface area contributed by atoms with Gasteiger partial charge in [0.25, 0.3) is 0 Å². The number of likely N-dealkylation sites (N-methyl/N-ethyl adjacent to an activating group) is 1. The Kier molecular flexibility index (Phi) is 5.84. The highest BCUT2D eigenvalue weighted by atomic mass is 16.2. The zero-order valence-corrected chi connectivity index (χ0v) is 17.0. The summed E-state index contributed by atoms with van der Waals surface area (Å²) in [7, 11) is 1.58. The predicted octanol–water partition coefficient (Wildman–Crippen LogP) is 1.47. The summed E-state index contributed by atoms with van der Waals surface area (Å²) in [6.07, 6.45) is 0.146. The number of nitrogens with zero attached hydrogens (tertiary/aromatic N) is 2. The number of hydrogen-bond acceptors (Lipinski definition) is 4. The van der Waals surface area contributed by atoms with Gasteiger partial charge in [-0.25, -0.2) is 4.98 Å². The maximum absolute atomic E-state index is 12.8. The zero-order chi connectivity index (χ0) is 20.3. The Morgan fingerprint density at radius 1 is 1.25 bits per heavy atom. The molecule has 2 amide bonds. The van der Waals surface area contributed by atoms with Gasteiger partial charge in [-0.2, -0.15) is 0 Å². The normalized spacial score (nSPS) is 14.9. The number of fused-ring (bicyclic) bond motifs is 1. The van der Waals surface area contributed by atoms with Crippen LogP contribution in [0.15, 0.2) is 30.3 Å². The smallest absolute Gasteiger partial charge is 0.242 e. The predicted molar refractivity (Wildman–Crippen MR) is 109 cm³/mol. The van der Waals surface area contributed by atoms with Crippen LogP contribution in [0.2, 0.25) is 0 Å². The van der Waals surface area contributed by atoms with Crippen LogP contribution >= 0.6 is 0 Å². The minimum Gasteiger partial charge on any atom is -0.357 e. The van der Waals surface area contributed by atoms with E-state index < -0.39 is 6.04 Å². The van der Waals surface area contributed by atoms with E-state index in [0.717, 1.165) is 35.9 Å². The highest BCUT2D eigenvalue weighted by Crippen LogP contribution is 2.25. The first-order valence-corrected chi connectivity index (χ1v) is 9.66. The molecule has 0 spiro atoms. The second-order valence-corrected chi connectivity index (χ2v) is 8.18. The minimum atomic E-state index is -0.602. The van der Waals surface area contributed by atoms with E-state index in [2.05, 4.69) is 20.5 Å². The molecule has 1 aromatic carbocycles. The first kappa shape index (κ1) is 20.1. The topological polar surface area (TPSA) is 88.1 Å². The lowest BCUT2D eigenvalue weighted by Crippen LogP contribution is -2.53. The molecule has 0 fully saturated rings. The van der Waals surface area contributed by atoms with Crippen LogP contribution in [-0.2, 0) is 29.1 Å². The summed E-state index contributed by atoms with van der Waals surface area (Å²) < 4.78 is 2.19. The molecule has 2 aromatic rings. The van der Waals surface area contributed by atoms with Gasteiger partial charge in [-0.1, -0.05) is 51.1 Å². The molecule has 0 saturated carbocycles. The van der Waals surface area contributed by atoms with Crippen molar-refractivity contribution in [3.8, 4) is 11.4 Å². The summed E-state index contributed by atoms with van der Waals surface area (Å²) in [4.78, 5) is 29.8. The molecule has 0 radical (unpaired) electrons. The number of nitrogens with one attached hydrogen (secondary N) is 3. The fourth-order valence-electron chi connectivity index (χ4n) is 3.51. The van der Waals surface area contributed by atoms with E-state index in [1.807, 2.05) is 51.1 Å². The molecule has 0 saturated heterocycles. The maximum atomic E-state index is 12.8. The van der Waals surface area contributed by atoms with Crippen molar-refractivity contribution in [2.75, 3.05) is 13.6 Å². The number of imidazole rings is 1. The highest BCUT2D eigenvalue weighted by Gasteiger charge is 2.32. The summed E-state index contributed by atoms with van der Waals surface area (Å²) in [5.41, 5.74) is 2.44. The highest BCUT2D eigenvalue weighted by molar-refractivity contribution is 5.88. The Labute approximate surface area is 165 Å². The summed E-state index contributed by atoms with van der Waals surface area (Å²) in [5.74, 6) is 0.493. The number of amides is 2. The Hall–Kier alpha value is -2.67. The van der Waals surface area contributed by atoms with Crippen LogP contribution in [0.4, 0.5) is 0 Å². The van der Waals surface area contributed by atoms with Gasteiger partial charge in [0, 0.05) is 32.2 Å². The van der Waals surface area contributed by atoms with Crippen LogP contribution in [0.25, 0.3) is 11.4 Å². The van der Waals surface area contributed by atoms with Gasteiger partial charge in [-0.05, 0) is 5.41 Å². The molecule has 0 aliphatic carbocycles. The average molecular weight is 383 g/mol. The Balaban J connectivity index is 1.85. The number of aromatic nitrogens is 2.